The molecule has 0 aliphatic rings. The summed E-state index contributed by atoms with van der Waals surface area (Å²) in [5.74, 6) is -2.19. The van der Waals surface area contributed by atoms with Crippen molar-refractivity contribution >= 4 is 5.78 Å². The Balaban J connectivity index is 2.48. The Kier molecular flexibility index (Phi) is 2.91. The van der Waals surface area contributed by atoms with E-state index in [1.165, 1.54) is 31.6 Å². The zero-order chi connectivity index (χ0) is 12.4. The van der Waals surface area contributed by atoms with E-state index in [0.29, 0.717) is 6.07 Å². The van der Waals surface area contributed by atoms with Crippen LogP contribution in [0.3, 0.4) is 0 Å². The molecule has 0 atom stereocenters. The monoisotopic (exact) mass is 234 g/mol. The summed E-state index contributed by atoms with van der Waals surface area (Å²) in [4.78, 5) is 19.4. The second kappa shape index (κ2) is 4.37. The van der Waals surface area contributed by atoms with Crippen LogP contribution in [0.4, 0.5) is 8.78 Å². The lowest BCUT2D eigenvalue weighted by Crippen LogP contribution is -2.08. The Hall–Kier alpha value is -2.17. The molecule has 17 heavy (non-hydrogen) atoms. The average molecular weight is 234 g/mol. The summed E-state index contributed by atoms with van der Waals surface area (Å²) >= 11 is 0. The van der Waals surface area contributed by atoms with Gasteiger partial charge in [0.2, 0.25) is 5.78 Å². The Morgan fingerprint density at radius 3 is 2.59 bits per heavy atom. The van der Waals surface area contributed by atoms with Crippen LogP contribution < -0.4 is 0 Å². The van der Waals surface area contributed by atoms with E-state index in [2.05, 4.69) is 9.97 Å². The van der Waals surface area contributed by atoms with Gasteiger partial charge in [0.15, 0.2) is 0 Å². The average Bonchev–Trinajstić information content (AvgIpc) is 2.34. The lowest BCUT2D eigenvalue weighted by Gasteiger charge is -2.04. The lowest BCUT2D eigenvalue weighted by atomic mass is 10.0. The van der Waals surface area contributed by atoms with Crippen LogP contribution in [0.1, 0.15) is 21.6 Å². The first-order valence-corrected chi connectivity index (χ1v) is 4.86. The largest absolute Gasteiger partial charge is 0.287 e. The zero-order valence-electron chi connectivity index (χ0n) is 8.95. The SMILES string of the molecule is Cc1cc(C(=O)c2cnccn2)c(F)cc1F. The molecule has 5 heteroatoms. The van der Waals surface area contributed by atoms with Crippen LogP contribution in [-0.2, 0) is 0 Å². The maximum Gasteiger partial charge on any atom is 0.215 e. The number of ketones is 1. The number of rotatable bonds is 2. The van der Waals surface area contributed by atoms with Gasteiger partial charge in [0, 0.05) is 18.5 Å². The molecule has 0 amide bonds. The second-order valence-corrected chi connectivity index (χ2v) is 3.50. The Labute approximate surface area is 96.2 Å². The van der Waals surface area contributed by atoms with Crippen LogP contribution in [-0.4, -0.2) is 15.8 Å². The van der Waals surface area contributed by atoms with Crippen molar-refractivity contribution in [3.05, 3.63) is 59.2 Å². The number of aryl methyl sites for hydroxylation is 1. The van der Waals surface area contributed by atoms with Crippen LogP contribution in [0.15, 0.2) is 30.7 Å². The van der Waals surface area contributed by atoms with Crippen LogP contribution in [0.2, 0.25) is 0 Å². The molecule has 86 valence electrons. The van der Waals surface area contributed by atoms with Gasteiger partial charge in [-0.3, -0.25) is 9.78 Å². The standard InChI is InChI=1S/C12H8F2N2O/c1-7-4-8(10(14)5-9(7)13)12(17)11-6-15-2-3-16-11/h2-6H,1H3. The molecule has 1 aromatic heterocycles. The quantitative estimate of drug-likeness (QED) is 0.749. The Morgan fingerprint density at radius 2 is 1.94 bits per heavy atom. The topological polar surface area (TPSA) is 42.9 Å². The van der Waals surface area contributed by atoms with E-state index in [-0.39, 0.29) is 16.8 Å². The number of hydrogen-bond donors (Lipinski definition) is 0. The van der Waals surface area contributed by atoms with Gasteiger partial charge in [-0.05, 0) is 18.6 Å². The van der Waals surface area contributed by atoms with Gasteiger partial charge >= 0.3 is 0 Å². The molecule has 3 nitrogen and oxygen atoms in total. The maximum atomic E-state index is 13.5. The minimum absolute atomic E-state index is 0.0254. The smallest absolute Gasteiger partial charge is 0.215 e. The van der Waals surface area contributed by atoms with E-state index in [0.717, 1.165) is 0 Å². The second-order valence-electron chi connectivity index (χ2n) is 3.50. The number of halogens is 2. The molecule has 0 spiro atoms. The van der Waals surface area contributed by atoms with E-state index >= 15 is 0 Å². The highest BCUT2D eigenvalue weighted by atomic mass is 19.1. The number of carbonyl (C=O) groups excluding carboxylic acids is 1. The summed E-state index contributed by atoms with van der Waals surface area (Å²) in [5.41, 5.74) is 0.0282. The third kappa shape index (κ3) is 2.18. The minimum atomic E-state index is -0.899. The molecule has 0 fully saturated rings. The molecule has 1 aromatic carbocycles. The minimum Gasteiger partial charge on any atom is -0.287 e. The molecule has 0 unspecified atom stereocenters. The lowest BCUT2D eigenvalue weighted by molar-refractivity contribution is 0.103. The van der Waals surface area contributed by atoms with Crippen molar-refractivity contribution in [2.24, 2.45) is 0 Å². The molecular formula is C12H8F2N2O. The number of hydrogen-bond acceptors (Lipinski definition) is 3. The predicted octanol–water partition coefficient (Wildman–Crippen LogP) is 2.29. The van der Waals surface area contributed by atoms with Crippen molar-refractivity contribution in [3.8, 4) is 0 Å². The van der Waals surface area contributed by atoms with Crippen molar-refractivity contribution in [1.82, 2.24) is 9.97 Å². The fraction of sp³-hybridized carbons (Fsp3) is 0.0833. The molecular weight excluding hydrogens is 226 g/mol. The van der Waals surface area contributed by atoms with Crippen molar-refractivity contribution in [1.29, 1.82) is 0 Å². The highest BCUT2D eigenvalue weighted by Crippen LogP contribution is 2.16. The molecule has 0 saturated heterocycles. The van der Waals surface area contributed by atoms with Gasteiger partial charge in [-0.15, -0.1) is 0 Å². The highest BCUT2D eigenvalue weighted by molar-refractivity contribution is 6.07. The van der Waals surface area contributed by atoms with Gasteiger partial charge in [-0.1, -0.05) is 0 Å². The summed E-state index contributed by atoms with van der Waals surface area (Å²) in [7, 11) is 0. The van der Waals surface area contributed by atoms with Crippen LogP contribution in [0, 0.1) is 18.6 Å². The maximum absolute atomic E-state index is 13.5. The van der Waals surface area contributed by atoms with Crippen molar-refractivity contribution in [2.75, 3.05) is 0 Å². The van der Waals surface area contributed by atoms with Crippen LogP contribution in [0.25, 0.3) is 0 Å². The molecule has 2 aromatic rings. The normalized spacial score (nSPS) is 10.3. The number of aromatic nitrogens is 2. The van der Waals surface area contributed by atoms with E-state index in [1.54, 1.807) is 0 Å². The van der Waals surface area contributed by atoms with Gasteiger partial charge in [0.25, 0.3) is 0 Å². The van der Waals surface area contributed by atoms with E-state index in [4.69, 9.17) is 0 Å². The van der Waals surface area contributed by atoms with Crippen molar-refractivity contribution < 1.29 is 13.6 Å². The van der Waals surface area contributed by atoms with Gasteiger partial charge in [-0.2, -0.15) is 0 Å². The first kappa shape index (κ1) is 11.3. The molecule has 2 rings (SSSR count). The summed E-state index contributed by atoms with van der Waals surface area (Å²) in [6, 6.07) is 1.86. The molecule has 0 radical (unpaired) electrons. The fourth-order valence-electron chi connectivity index (χ4n) is 1.39. The van der Waals surface area contributed by atoms with Gasteiger partial charge < -0.3 is 0 Å². The van der Waals surface area contributed by atoms with E-state index < -0.39 is 17.4 Å². The van der Waals surface area contributed by atoms with Gasteiger partial charge in [-0.25, -0.2) is 13.8 Å². The van der Waals surface area contributed by atoms with Crippen molar-refractivity contribution in [3.63, 3.8) is 0 Å². The summed E-state index contributed by atoms with van der Waals surface area (Å²) in [6.45, 7) is 1.46. The molecule has 0 aliphatic carbocycles. The summed E-state index contributed by atoms with van der Waals surface area (Å²) in [6.07, 6.45) is 3.98. The molecule has 0 aliphatic heterocycles. The van der Waals surface area contributed by atoms with Gasteiger partial charge in [0.1, 0.15) is 17.3 Å². The fourth-order valence-corrected chi connectivity index (χ4v) is 1.39. The molecule has 0 N–H and O–H groups in total. The Bertz CT molecular complexity index is 570. The van der Waals surface area contributed by atoms with Crippen LogP contribution >= 0.6 is 0 Å². The Morgan fingerprint density at radius 1 is 1.18 bits per heavy atom. The molecule has 0 saturated carbocycles. The first-order valence-electron chi connectivity index (χ1n) is 4.86. The zero-order valence-corrected chi connectivity index (χ0v) is 8.95. The van der Waals surface area contributed by atoms with Gasteiger partial charge in [0.05, 0.1) is 11.8 Å². The van der Waals surface area contributed by atoms with E-state index in [1.807, 2.05) is 0 Å². The predicted molar refractivity (Wildman–Crippen MR) is 56.6 cm³/mol. The summed E-state index contributed by atoms with van der Waals surface area (Å²) in [5, 5.41) is 0. The third-order valence-electron chi connectivity index (χ3n) is 2.29. The number of benzene rings is 1. The van der Waals surface area contributed by atoms with E-state index in [9.17, 15) is 13.6 Å². The first-order chi connectivity index (χ1) is 8.09. The molecule has 1 heterocycles. The third-order valence-corrected chi connectivity index (χ3v) is 2.29. The highest BCUT2D eigenvalue weighted by Gasteiger charge is 2.17. The van der Waals surface area contributed by atoms with Crippen LogP contribution in [0.5, 0.6) is 0 Å². The number of nitrogens with zero attached hydrogens (tertiary/aromatic N) is 2. The van der Waals surface area contributed by atoms with Crippen molar-refractivity contribution in [2.45, 2.75) is 6.92 Å². The summed E-state index contributed by atoms with van der Waals surface area (Å²) < 4.78 is 26.5. The molecule has 0 bridgehead atoms. The number of carbonyl (C=O) groups is 1.